The SMILES string of the molecule is Cc1cc(C(=O)NNS(=O)(=O)c2ccc(Br)s2)c(C)n1-c1ccccc1. The number of halogens is 1. The number of sulfonamides is 1. The van der Waals surface area contributed by atoms with Gasteiger partial charge in [-0.3, -0.25) is 10.2 Å². The number of nitrogens with one attached hydrogen (secondary N) is 2. The van der Waals surface area contributed by atoms with Crippen LogP contribution in [0.25, 0.3) is 5.69 Å². The van der Waals surface area contributed by atoms with Crippen LogP contribution in [-0.2, 0) is 10.0 Å². The van der Waals surface area contributed by atoms with Gasteiger partial charge in [0.1, 0.15) is 4.21 Å². The van der Waals surface area contributed by atoms with Gasteiger partial charge in [-0.15, -0.1) is 16.2 Å². The molecule has 2 N–H and O–H groups in total. The van der Waals surface area contributed by atoms with Gasteiger partial charge in [0.25, 0.3) is 15.9 Å². The highest BCUT2D eigenvalue weighted by molar-refractivity contribution is 9.11. The van der Waals surface area contributed by atoms with Gasteiger partial charge in [0, 0.05) is 17.1 Å². The fourth-order valence-electron chi connectivity index (χ4n) is 2.64. The van der Waals surface area contributed by atoms with Crippen molar-refractivity contribution in [1.82, 2.24) is 14.8 Å². The molecule has 3 aromatic rings. The molecule has 0 aliphatic rings. The Bertz CT molecular complexity index is 1060. The molecule has 0 spiro atoms. The Labute approximate surface area is 164 Å². The van der Waals surface area contributed by atoms with Gasteiger partial charge < -0.3 is 4.57 Å². The molecule has 26 heavy (non-hydrogen) atoms. The van der Waals surface area contributed by atoms with E-state index in [4.69, 9.17) is 0 Å². The number of rotatable bonds is 5. The van der Waals surface area contributed by atoms with Crippen molar-refractivity contribution in [3.8, 4) is 5.69 Å². The molecule has 3 rings (SSSR count). The summed E-state index contributed by atoms with van der Waals surface area (Å²) < 4.78 is 27.2. The van der Waals surface area contributed by atoms with Crippen molar-refractivity contribution < 1.29 is 13.2 Å². The highest BCUT2D eigenvalue weighted by Crippen LogP contribution is 2.25. The van der Waals surface area contributed by atoms with E-state index in [2.05, 4.69) is 26.2 Å². The summed E-state index contributed by atoms with van der Waals surface area (Å²) in [4.78, 5) is 14.6. The van der Waals surface area contributed by atoms with Crippen molar-refractivity contribution in [2.75, 3.05) is 0 Å². The number of thiophene rings is 1. The molecular weight excluding hydrogens is 438 g/mol. The van der Waals surface area contributed by atoms with E-state index in [0.29, 0.717) is 9.35 Å². The molecule has 2 aromatic heterocycles. The molecule has 0 saturated heterocycles. The molecule has 0 fully saturated rings. The zero-order valence-electron chi connectivity index (χ0n) is 14.0. The van der Waals surface area contributed by atoms with Gasteiger partial charge >= 0.3 is 0 Å². The van der Waals surface area contributed by atoms with Gasteiger partial charge in [-0.2, -0.15) is 0 Å². The minimum absolute atomic E-state index is 0.111. The maximum atomic E-state index is 12.5. The fourth-order valence-corrected chi connectivity index (χ4v) is 5.49. The van der Waals surface area contributed by atoms with Crippen LogP contribution in [0.3, 0.4) is 0 Å². The van der Waals surface area contributed by atoms with Gasteiger partial charge in [0.05, 0.1) is 9.35 Å². The van der Waals surface area contributed by atoms with E-state index < -0.39 is 15.9 Å². The first kappa shape index (κ1) is 18.8. The number of carbonyl (C=O) groups is 1. The molecule has 0 unspecified atom stereocenters. The Morgan fingerprint density at radius 2 is 1.81 bits per heavy atom. The number of hydrazine groups is 1. The lowest BCUT2D eigenvalue weighted by Crippen LogP contribution is -2.41. The van der Waals surface area contributed by atoms with Crippen LogP contribution in [0.15, 0.2) is 56.5 Å². The molecule has 0 saturated carbocycles. The van der Waals surface area contributed by atoms with E-state index in [-0.39, 0.29) is 4.21 Å². The maximum absolute atomic E-state index is 12.5. The van der Waals surface area contributed by atoms with E-state index in [9.17, 15) is 13.2 Å². The number of aromatic nitrogens is 1. The molecule has 0 atom stereocenters. The van der Waals surface area contributed by atoms with Gasteiger partial charge in [-0.25, -0.2) is 8.42 Å². The molecule has 0 bridgehead atoms. The summed E-state index contributed by atoms with van der Waals surface area (Å²) in [5.74, 6) is -0.514. The molecular formula is C17H16BrN3O3S2. The average Bonchev–Trinajstić information content (AvgIpc) is 3.17. The normalized spacial score (nSPS) is 11.5. The van der Waals surface area contributed by atoms with Crippen LogP contribution in [0.1, 0.15) is 21.7 Å². The predicted molar refractivity (Wildman–Crippen MR) is 105 cm³/mol. The minimum Gasteiger partial charge on any atom is -0.318 e. The molecule has 9 heteroatoms. The van der Waals surface area contributed by atoms with Gasteiger partial charge in [0.2, 0.25) is 0 Å². The number of para-hydroxylation sites is 1. The number of hydrogen-bond donors (Lipinski definition) is 2. The Morgan fingerprint density at radius 1 is 1.12 bits per heavy atom. The van der Waals surface area contributed by atoms with Crippen LogP contribution in [0.2, 0.25) is 0 Å². The summed E-state index contributed by atoms with van der Waals surface area (Å²) in [5, 5.41) is 0. The Kier molecular flexibility index (Phi) is 5.33. The Balaban J connectivity index is 1.81. The third-order valence-electron chi connectivity index (χ3n) is 3.80. The van der Waals surface area contributed by atoms with Crippen molar-refractivity contribution in [3.05, 3.63) is 69.3 Å². The summed E-state index contributed by atoms with van der Waals surface area (Å²) in [6.45, 7) is 3.71. The summed E-state index contributed by atoms with van der Waals surface area (Å²) in [5.41, 5.74) is 5.23. The van der Waals surface area contributed by atoms with E-state index in [1.807, 2.05) is 48.7 Å². The molecule has 0 aliphatic heterocycles. The molecule has 0 radical (unpaired) electrons. The lowest BCUT2D eigenvalue weighted by molar-refractivity contribution is 0.0944. The highest BCUT2D eigenvalue weighted by atomic mass is 79.9. The summed E-state index contributed by atoms with van der Waals surface area (Å²) in [6.07, 6.45) is 0. The topological polar surface area (TPSA) is 80.2 Å². The summed E-state index contributed by atoms with van der Waals surface area (Å²) in [7, 11) is -3.81. The first-order valence-corrected chi connectivity index (χ1v) is 10.7. The second-order valence-electron chi connectivity index (χ2n) is 5.57. The van der Waals surface area contributed by atoms with Gasteiger partial charge in [-0.1, -0.05) is 18.2 Å². The van der Waals surface area contributed by atoms with Crippen molar-refractivity contribution >= 4 is 43.2 Å². The molecule has 0 aliphatic carbocycles. The van der Waals surface area contributed by atoms with E-state index in [0.717, 1.165) is 28.4 Å². The number of hydrogen-bond acceptors (Lipinski definition) is 4. The van der Waals surface area contributed by atoms with Crippen LogP contribution >= 0.6 is 27.3 Å². The standard InChI is InChI=1S/C17H16BrN3O3S2/c1-11-10-14(12(2)21(11)13-6-4-3-5-7-13)17(22)19-20-26(23,24)16-9-8-15(18)25-16/h3-10,20H,1-2H3,(H,19,22). The van der Waals surface area contributed by atoms with Gasteiger partial charge in [0.15, 0.2) is 0 Å². The zero-order chi connectivity index (χ0) is 18.9. The van der Waals surface area contributed by atoms with E-state index in [1.165, 1.54) is 6.07 Å². The van der Waals surface area contributed by atoms with E-state index in [1.54, 1.807) is 12.1 Å². The first-order chi connectivity index (χ1) is 12.3. The third kappa shape index (κ3) is 3.75. The van der Waals surface area contributed by atoms with Crippen LogP contribution < -0.4 is 10.3 Å². The minimum atomic E-state index is -3.81. The number of carbonyl (C=O) groups excluding carboxylic acids is 1. The highest BCUT2D eigenvalue weighted by Gasteiger charge is 2.20. The van der Waals surface area contributed by atoms with Crippen molar-refractivity contribution in [3.63, 3.8) is 0 Å². The average molecular weight is 454 g/mol. The quantitative estimate of drug-likeness (QED) is 0.579. The van der Waals surface area contributed by atoms with Crippen molar-refractivity contribution in [1.29, 1.82) is 0 Å². The predicted octanol–water partition coefficient (Wildman–Crippen LogP) is 3.54. The Hall–Kier alpha value is -1.94. The van der Waals surface area contributed by atoms with Gasteiger partial charge in [-0.05, 0) is 60.1 Å². The monoisotopic (exact) mass is 453 g/mol. The molecule has 1 aromatic carbocycles. The van der Waals surface area contributed by atoms with Crippen LogP contribution in [-0.4, -0.2) is 18.9 Å². The second kappa shape index (κ2) is 7.36. The van der Waals surface area contributed by atoms with Crippen LogP contribution in [0.4, 0.5) is 0 Å². The number of nitrogens with zero attached hydrogens (tertiary/aromatic N) is 1. The smallest absolute Gasteiger partial charge is 0.268 e. The Morgan fingerprint density at radius 3 is 2.42 bits per heavy atom. The fraction of sp³-hybridized carbons (Fsp3) is 0.118. The summed E-state index contributed by atoms with van der Waals surface area (Å²) in [6, 6.07) is 14.5. The largest absolute Gasteiger partial charge is 0.318 e. The molecule has 6 nitrogen and oxygen atoms in total. The lowest BCUT2D eigenvalue weighted by atomic mass is 10.2. The molecule has 2 heterocycles. The number of benzene rings is 1. The number of amides is 1. The molecule has 136 valence electrons. The number of aryl methyl sites for hydroxylation is 1. The second-order valence-corrected chi connectivity index (χ2v) is 9.95. The van der Waals surface area contributed by atoms with E-state index >= 15 is 0 Å². The molecule has 1 amide bonds. The third-order valence-corrected chi connectivity index (χ3v) is 7.17. The van der Waals surface area contributed by atoms with Crippen LogP contribution in [0, 0.1) is 13.8 Å². The first-order valence-electron chi connectivity index (χ1n) is 7.61. The summed E-state index contributed by atoms with van der Waals surface area (Å²) >= 11 is 4.28. The van der Waals surface area contributed by atoms with Crippen molar-refractivity contribution in [2.24, 2.45) is 0 Å². The lowest BCUT2D eigenvalue weighted by Gasteiger charge is -2.10. The maximum Gasteiger partial charge on any atom is 0.268 e. The van der Waals surface area contributed by atoms with Crippen molar-refractivity contribution in [2.45, 2.75) is 18.1 Å². The zero-order valence-corrected chi connectivity index (χ0v) is 17.2. The van der Waals surface area contributed by atoms with Crippen LogP contribution in [0.5, 0.6) is 0 Å².